The van der Waals surface area contributed by atoms with Crippen LogP contribution in [0.3, 0.4) is 0 Å². The summed E-state index contributed by atoms with van der Waals surface area (Å²) in [6.07, 6.45) is 3.28. The van der Waals surface area contributed by atoms with Crippen LogP contribution >= 0.6 is 0 Å². The Hall–Kier alpha value is -6.44. The first-order valence-corrected chi connectivity index (χ1v) is 16.6. The van der Waals surface area contributed by atoms with Crippen LogP contribution in [0.1, 0.15) is 0 Å². The average molecular weight is 627 g/mol. The zero-order chi connectivity index (χ0) is 33.2. The molecule has 0 amide bonds. The molecule has 1 nitrogen and oxygen atoms in total. The average Bonchev–Trinajstić information content (AvgIpc) is 3.56. The highest BCUT2D eigenvalue weighted by molar-refractivity contribution is 6.22. The van der Waals surface area contributed by atoms with Crippen LogP contribution < -0.4 is 0 Å². The first-order chi connectivity index (χ1) is 24.3. The Morgan fingerprint density at radius 3 is 1.43 bits per heavy atom. The highest BCUT2D eigenvalue weighted by Gasteiger charge is 2.19. The molecule has 1 heteroatoms. The Balaban J connectivity index is 0.000000829. The van der Waals surface area contributed by atoms with Gasteiger partial charge in [0.25, 0.3) is 0 Å². The number of benzene rings is 8. The molecule has 1 aromatic heterocycles. The fourth-order valence-corrected chi connectivity index (χ4v) is 7.15. The van der Waals surface area contributed by atoms with Crippen molar-refractivity contribution in [2.75, 3.05) is 0 Å². The smallest absolute Gasteiger partial charge is 0.136 e. The maximum absolute atomic E-state index is 6.50. The molecule has 0 saturated heterocycles. The third-order valence-electron chi connectivity index (χ3n) is 9.25. The Morgan fingerprint density at radius 2 is 0.837 bits per heavy atom. The van der Waals surface area contributed by atoms with Crippen molar-refractivity contribution in [1.82, 2.24) is 0 Å². The molecule has 9 rings (SSSR count). The monoisotopic (exact) mass is 626 g/mol. The number of allylic oxidation sites excluding steroid dienone is 2. The zero-order valence-electron chi connectivity index (χ0n) is 27.1. The summed E-state index contributed by atoms with van der Waals surface area (Å²) in [5, 5.41) is 7.28. The van der Waals surface area contributed by atoms with Crippen molar-refractivity contribution in [2.45, 2.75) is 0 Å². The largest absolute Gasteiger partial charge is 0.456 e. The van der Waals surface area contributed by atoms with Gasteiger partial charge in [-0.3, -0.25) is 0 Å². The third-order valence-corrected chi connectivity index (χ3v) is 9.25. The summed E-state index contributed by atoms with van der Waals surface area (Å²) in [6.45, 7) is 6.72. The summed E-state index contributed by atoms with van der Waals surface area (Å²) in [4.78, 5) is 0. The summed E-state index contributed by atoms with van der Waals surface area (Å²) < 4.78 is 6.50. The molecule has 0 atom stereocenters. The van der Waals surface area contributed by atoms with E-state index in [1.54, 1.807) is 12.2 Å². The van der Waals surface area contributed by atoms with E-state index in [1.165, 1.54) is 66.1 Å². The van der Waals surface area contributed by atoms with E-state index in [0.29, 0.717) is 0 Å². The van der Waals surface area contributed by atoms with Gasteiger partial charge in [-0.15, -0.1) is 0 Å². The summed E-state index contributed by atoms with van der Waals surface area (Å²) in [6, 6.07) is 60.9. The standard InChI is InChI=1S/C44H28O.C4H6/c1-3-14-29(15-4-1)32-18-7-8-19-33(32)34-24-13-25-41-44(34)39-28-31(26-27-40(39)45-41)43-37-22-11-9-20-35(37)42(30-16-5-2-6-17-30)36-21-10-12-23-38(36)43;1-3-4-2/h1-28H;3-4H,1-2H2. The van der Waals surface area contributed by atoms with E-state index in [4.69, 9.17) is 4.42 Å². The summed E-state index contributed by atoms with van der Waals surface area (Å²) >= 11 is 0. The van der Waals surface area contributed by atoms with E-state index in [9.17, 15) is 0 Å². The van der Waals surface area contributed by atoms with Gasteiger partial charge in [-0.2, -0.15) is 0 Å². The second kappa shape index (κ2) is 13.0. The molecule has 9 aromatic rings. The second-order valence-electron chi connectivity index (χ2n) is 12.1. The Bertz CT molecular complexity index is 2560. The molecule has 0 spiro atoms. The number of furan rings is 1. The minimum absolute atomic E-state index is 0.896. The van der Waals surface area contributed by atoms with Crippen molar-refractivity contribution in [3.8, 4) is 44.5 Å². The maximum Gasteiger partial charge on any atom is 0.136 e. The third kappa shape index (κ3) is 5.32. The SMILES string of the molecule is C=CC=C.c1ccc(-c2ccccc2-c2cccc3oc4ccc(-c5c6ccccc6c(-c6ccccc6)c6ccccc56)cc4c23)cc1. The number of fused-ring (bicyclic) bond motifs is 5. The van der Waals surface area contributed by atoms with Crippen LogP contribution in [0.5, 0.6) is 0 Å². The maximum atomic E-state index is 6.50. The van der Waals surface area contributed by atoms with E-state index in [2.05, 4.69) is 183 Å². The first kappa shape index (κ1) is 29.9. The van der Waals surface area contributed by atoms with Gasteiger partial charge in [0.2, 0.25) is 0 Å². The van der Waals surface area contributed by atoms with Crippen molar-refractivity contribution in [1.29, 1.82) is 0 Å². The Morgan fingerprint density at radius 1 is 0.347 bits per heavy atom. The summed E-state index contributed by atoms with van der Waals surface area (Å²) in [7, 11) is 0. The van der Waals surface area contributed by atoms with Crippen molar-refractivity contribution in [3.63, 3.8) is 0 Å². The van der Waals surface area contributed by atoms with Gasteiger partial charge in [0.05, 0.1) is 0 Å². The van der Waals surface area contributed by atoms with E-state index in [1.807, 2.05) is 0 Å². The Labute approximate surface area is 286 Å². The van der Waals surface area contributed by atoms with Gasteiger partial charge in [-0.1, -0.05) is 177 Å². The topological polar surface area (TPSA) is 13.1 Å². The molecule has 0 radical (unpaired) electrons. The minimum atomic E-state index is 0.896. The fourth-order valence-electron chi connectivity index (χ4n) is 7.15. The lowest BCUT2D eigenvalue weighted by atomic mass is 9.85. The fraction of sp³-hybridized carbons (Fsp3) is 0. The van der Waals surface area contributed by atoms with Crippen LogP contribution in [0.15, 0.2) is 200 Å². The molecule has 0 aliphatic rings. The van der Waals surface area contributed by atoms with Gasteiger partial charge >= 0.3 is 0 Å². The van der Waals surface area contributed by atoms with Crippen molar-refractivity contribution in [2.24, 2.45) is 0 Å². The summed E-state index contributed by atoms with van der Waals surface area (Å²) in [5.41, 5.74) is 11.5. The molecule has 0 fully saturated rings. The van der Waals surface area contributed by atoms with Gasteiger partial charge in [0.15, 0.2) is 0 Å². The highest BCUT2D eigenvalue weighted by Crippen LogP contribution is 2.46. The molecule has 0 saturated carbocycles. The molecule has 0 aliphatic heterocycles. The Kier molecular flexibility index (Phi) is 7.93. The molecule has 0 aliphatic carbocycles. The number of rotatable bonds is 5. The van der Waals surface area contributed by atoms with E-state index in [0.717, 1.165) is 21.9 Å². The van der Waals surface area contributed by atoms with Crippen LogP contribution in [0.25, 0.3) is 88.0 Å². The van der Waals surface area contributed by atoms with Crippen molar-refractivity contribution < 1.29 is 4.42 Å². The lowest BCUT2D eigenvalue weighted by Crippen LogP contribution is -1.90. The highest BCUT2D eigenvalue weighted by atomic mass is 16.3. The summed E-state index contributed by atoms with van der Waals surface area (Å²) in [5.74, 6) is 0. The molecule has 0 N–H and O–H groups in total. The lowest BCUT2D eigenvalue weighted by molar-refractivity contribution is 0.669. The van der Waals surface area contributed by atoms with Crippen LogP contribution in [0, 0.1) is 0 Å². The lowest BCUT2D eigenvalue weighted by Gasteiger charge is -2.17. The quantitative estimate of drug-likeness (QED) is 0.137. The van der Waals surface area contributed by atoms with Crippen molar-refractivity contribution >= 4 is 43.5 Å². The first-order valence-electron chi connectivity index (χ1n) is 16.6. The van der Waals surface area contributed by atoms with E-state index < -0.39 is 0 Å². The molecule has 49 heavy (non-hydrogen) atoms. The predicted octanol–water partition coefficient (Wildman–Crippen LogP) is 13.9. The van der Waals surface area contributed by atoms with Gasteiger partial charge in [-0.25, -0.2) is 0 Å². The van der Waals surface area contributed by atoms with Gasteiger partial charge in [0.1, 0.15) is 11.2 Å². The van der Waals surface area contributed by atoms with Gasteiger partial charge in [0, 0.05) is 10.8 Å². The normalized spacial score (nSPS) is 11.0. The van der Waals surface area contributed by atoms with Crippen LogP contribution in [-0.4, -0.2) is 0 Å². The molecular formula is C48H34O. The molecular weight excluding hydrogens is 593 g/mol. The zero-order valence-corrected chi connectivity index (χ0v) is 27.1. The minimum Gasteiger partial charge on any atom is -0.456 e. The van der Waals surface area contributed by atoms with Crippen LogP contribution in [-0.2, 0) is 0 Å². The van der Waals surface area contributed by atoms with E-state index in [-0.39, 0.29) is 0 Å². The molecule has 1 heterocycles. The van der Waals surface area contributed by atoms with Crippen LogP contribution in [0.4, 0.5) is 0 Å². The molecule has 232 valence electrons. The van der Waals surface area contributed by atoms with Crippen LogP contribution in [0.2, 0.25) is 0 Å². The molecule has 8 aromatic carbocycles. The molecule has 0 bridgehead atoms. The van der Waals surface area contributed by atoms with Crippen molar-refractivity contribution in [3.05, 3.63) is 195 Å². The number of hydrogen-bond donors (Lipinski definition) is 0. The molecule has 0 unspecified atom stereocenters. The van der Waals surface area contributed by atoms with E-state index >= 15 is 0 Å². The number of hydrogen-bond acceptors (Lipinski definition) is 1. The second-order valence-corrected chi connectivity index (χ2v) is 12.1. The predicted molar refractivity (Wildman–Crippen MR) is 211 cm³/mol. The van der Waals surface area contributed by atoms with Gasteiger partial charge in [-0.05, 0) is 84.3 Å². The van der Waals surface area contributed by atoms with Gasteiger partial charge < -0.3 is 4.42 Å².